The van der Waals surface area contributed by atoms with Gasteiger partial charge in [-0.05, 0) is 6.92 Å². The van der Waals surface area contributed by atoms with Crippen LogP contribution in [0.3, 0.4) is 0 Å². The second-order valence-corrected chi connectivity index (χ2v) is 6.09. The smallest absolute Gasteiger partial charge is 0.296 e. The summed E-state index contributed by atoms with van der Waals surface area (Å²) in [5.74, 6) is -15.3. The summed E-state index contributed by atoms with van der Waals surface area (Å²) in [4.78, 5) is 15.6. The first-order valence-electron chi connectivity index (χ1n) is 6.54. The minimum absolute atomic E-state index is 0.284. The van der Waals surface area contributed by atoms with E-state index in [2.05, 4.69) is 4.98 Å². The third kappa shape index (κ3) is 3.46. The Morgan fingerprint density at radius 1 is 1.04 bits per heavy atom. The number of anilines is 1. The van der Waals surface area contributed by atoms with Crippen molar-refractivity contribution in [3.05, 3.63) is 35.2 Å². The van der Waals surface area contributed by atoms with Crippen LogP contribution >= 0.6 is 11.3 Å². The molecule has 1 aromatic carbocycles. The summed E-state index contributed by atoms with van der Waals surface area (Å²) >= 11 is 0.669. The predicted octanol–water partition coefficient (Wildman–Crippen LogP) is 4.89. The zero-order chi connectivity index (χ0) is 19.0. The van der Waals surface area contributed by atoms with Crippen LogP contribution in [0.2, 0.25) is 0 Å². The molecular weight excluding hydrogens is 377 g/mol. The van der Waals surface area contributed by atoms with Crippen LogP contribution in [0.5, 0.6) is 0 Å². The fourth-order valence-electron chi connectivity index (χ4n) is 1.81. The van der Waals surface area contributed by atoms with Gasteiger partial charge in [-0.15, -0.1) is 11.3 Å². The average Bonchev–Trinajstić information content (AvgIpc) is 2.87. The predicted molar refractivity (Wildman–Crippen MR) is 76.9 cm³/mol. The van der Waals surface area contributed by atoms with Gasteiger partial charge in [0.2, 0.25) is 0 Å². The number of carbonyl (C=O) groups excluding carboxylic acids is 1. The van der Waals surface area contributed by atoms with Gasteiger partial charge in [0.25, 0.3) is 0 Å². The maximum atomic E-state index is 13.3. The molecule has 25 heavy (non-hydrogen) atoms. The highest BCUT2D eigenvalue weighted by Gasteiger charge is 2.76. The summed E-state index contributed by atoms with van der Waals surface area (Å²) in [7, 11) is 0. The summed E-state index contributed by atoms with van der Waals surface area (Å²) in [5.41, 5.74) is 0.843. The number of aryl methyl sites for hydroxylation is 1. The Hall–Kier alpha value is -2.17. The van der Waals surface area contributed by atoms with Gasteiger partial charge in [0.1, 0.15) is 0 Å². The number of hydrogen-bond acceptors (Lipinski definition) is 3. The molecular formula is C14H9F7N2OS. The molecule has 0 aliphatic heterocycles. The molecule has 1 heterocycles. The molecule has 3 nitrogen and oxygen atoms in total. The molecule has 0 saturated heterocycles. The number of halogens is 7. The van der Waals surface area contributed by atoms with Crippen molar-refractivity contribution in [3.8, 4) is 11.3 Å². The van der Waals surface area contributed by atoms with Crippen molar-refractivity contribution in [1.29, 1.82) is 0 Å². The highest BCUT2D eigenvalue weighted by Crippen LogP contribution is 2.47. The van der Waals surface area contributed by atoms with Crippen molar-refractivity contribution in [2.24, 2.45) is 0 Å². The van der Waals surface area contributed by atoms with E-state index in [0.717, 1.165) is 0 Å². The van der Waals surface area contributed by atoms with Crippen molar-refractivity contribution in [3.63, 3.8) is 0 Å². The van der Waals surface area contributed by atoms with Gasteiger partial charge in [-0.3, -0.25) is 10.1 Å². The number of aromatic nitrogens is 1. The van der Waals surface area contributed by atoms with Crippen molar-refractivity contribution in [1.82, 2.24) is 4.98 Å². The topological polar surface area (TPSA) is 42.0 Å². The Morgan fingerprint density at radius 2 is 1.60 bits per heavy atom. The van der Waals surface area contributed by atoms with E-state index in [1.54, 1.807) is 30.3 Å². The van der Waals surface area contributed by atoms with E-state index in [1.165, 1.54) is 12.2 Å². The highest BCUT2D eigenvalue weighted by molar-refractivity contribution is 7.16. The number of hydrogen-bond donors (Lipinski definition) is 1. The lowest BCUT2D eigenvalue weighted by Gasteiger charge is -2.26. The van der Waals surface area contributed by atoms with Crippen LogP contribution in [0, 0.1) is 6.92 Å². The van der Waals surface area contributed by atoms with Gasteiger partial charge < -0.3 is 0 Å². The quantitative estimate of drug-likeness (QED) is 0.761. The lowest BCUT2D eigenvalue weighted by Crippen LogP contribution is -2.57. The number of rotatable bonds is 4. The molecule has 1 amide bonds. The first-order valence-corrected chi connectivity index (χ1v) is 7.36. The maximum Gasteiger partial charge on any atom is 0.460 e. The number of nitrogens with zero attached hydrogens (tertiary/aromatic N) is 1. The van der Waals surface area contributed by atoms with Gasteiger partial charge in [0.15, 0.2) is 5.13 Å². The minimum Gasteiger partial charge on any atom is -0.296 e. The van der Waals surface area contributed by atoms with Gasteiger partial charge in [-0.25, -0.2) is 4.98 Å². The Labute approximate surface area is 140 Å². The van der Waals surface area contributed by atoms with Crippen LogP contribution in [0.4, 0.5) is 35.9 Å². The first-order chi connectivity index (χ1) is 11.4. The fraction of sp³-hybridized carbons (Fsp3) is 0.286. The summed E-state index contributed by atoms with van der Waals surface area (Å²) in [6.45, 7) is 1.53. The van der Waals surface area contributed by atoms with Crippen LogP contribution in [-0.4, -0.2) is 28.9 Å². The van der Waals surface area contributed by atoms with Gasteiger partial charge in [-0.1, -0.05) is 30.3 Å². The Balaban J connectivity index is 2.27. The van der Waals surface area contributed by atoms with Crippen LogP contribution in [0.15, 0.2) is 30.3 Å². The second kappa shape index (κ2) is 6.28. The van der Waals surface area contributed by atoms with E-state index in [1.807, 2.05) is 0 Å². The third-order valence-electron chi connectivity index (χ3n) is 3.10. The number of amides is 1. The maximum absolute atomic E-state index is 13.3. The number of thiazole rings is 1. The van der Waals surface area contributed by atoms with Crippen molar-refractivity contribution in [2.45, 2.75) is 24.9 Å². The van der Waals surface area contributed by atoms with Crippen molar-refractivity contribution < 1.29 is 35.5 Å². The lowest BCUT2D eigenvalue weighted by atomic mass is 10.1. The Kier molecular flexibility index (Phi) is 4.81. The zero-order valence-electron chi connectivity index (χ0n) is 12.3. The van der Waals surface area contributed by atoms with Crippen LogP contribution in [0.25, 0.3) is 11.3 Å². The Bertz CT molecular complexity index is 771. The molecule has 0 atom stereocenters. The van der Waals surface area contributed by atoms with Crippen molar-refractivity contribution in [2.75, 3.05) is 5.32 Å². The lowest BCUT2D eigenvalue weighted by molar-refractivity contribution is -0.343. The number of carbonyl (C=O) groups is 1. The molecule has 0 unspecified atom stereocenters. The van der Waals surface area contributed by atoms with Crippen LogP contribution in [-0.2, 0) is 4.79 Å². The van der Waals surface area contributed by atoms with Gasteiger partial charge in [0, 0.05) is 10.4 Å². The standard InChI is InChI=1S/C14H9F7N2OS/c1-7-9(8-5-3-2-4-6-8)22-11(25-7)23-10(24)12(15,16)13(17,18)14(19,20)21/h2-6H,1H3,(H,22,23,24). The Morgan fingerprint density at radius 3 is 2.12 bits per heavy atom. The van der Waals surface area contributed by atoms with Crippen molar-refractivity contribution >= 4 is 22.4 Å². The van der Waals surface area contributed by atoms with Gasteiger partial charge in [-0.2, -0.15) is 30.7 Å². The molecule has 1 aromatic heterocycles. The number of alkyl halides is 7. The van der Waals surface area contributed by atoms with Crippen LogP contribution < -0.4 is 5.32 Å². The third-order valence-corrected chi connectivity index (χ3v) is 3.99. The summed E-state index contributed by atoms with van der Waals surface area (Å²) in [6, 6.07) is 8.27. The normalized spacial score (nSPS) is 13.0. The number of benzene rings is 1. The zero-order valence-corrected chi connectivity index (χ0v) is 13.1. The molecule has 2 rings (SSSR count). The molecule has 11 heteroatoms. The minimum atomic E-state index is -6.58. The van der Waals surface area contributed by atoms with E-state index in [0.29, 0.717) is 21.8 Å². The molecule has 1 N–H and O–H groups in total. The van der Waals surface area contributed by atoms with E-state index in [-0.39, 0.29) is 5.69 Å². The molecule has 0 bridgehead atoms. The molecule has 0 aliphatic rings. The van der Waals surface area contributed by atoms with Gasteiger partial charge in [0.05, 0.1) is 5.69 Å². The van der Waals surface area contributed by atoms with E-state index < -0.39 is 29.1 Å². The molecule has 0 radical (unpaired) electrons. The monoisotopic (exact) mass is 386 g/mol. The van der Waals surface area contributed by atoms with E-state index in [9.17, 15) is 35.5 Å². The SMILES string of the molecule is Cc1sc(NC(=O)C(F)(F)C(F)(F)C(F)(F)F)nc1-c1ccccc1. The van der Waals surface area contributed by atoms with E-state index in [4.69, 9.17) is 0 Å². The molecule has 0 fully saturated rings. The molecule has 0 spiro atoms. The fourth-order valence-corrected chi connectivity index (χ4v) is 2.64. The first kappa shape index (κ1) is 19.2. The summed E-state index contributed by atoms with van der Waals surface area (Å²) < 4.78 is 88.6. The largest absolute Gasteiger partial charge is 0.460 e. The van der Waals surface area contributed by atoms with E-state index >= 15 is 0 Å². The molecule has 0 saturated carbocycles. The van der Waals surface area contributed by atoms with Gasteiger partial charge >= 0.3 is 23.9 Å². The summed E-state index contributed by atoms with van der Waals surface area (Å²) in [5, 5.41) is 0.815. The molecule has 136 valence electrons. The average molecular weight is 386 g/mol. The highest BCUT2D eigenvalue weighted by atomic mass is 32.1. The molecule has 2 aromatic rings. The second-order valence-electron chi connectivity index (χ2n) is 4.89. The van der Waals surface area contributed by atoms with Crippen LogP contribution in [0.1, 0.15) is 4.88 Å². The number of nitrogens with one attached hydrogen (secondary N) is 1. The summed E-state index contributed by atoms with van der Waals surface area (Å²) in [6.07, 6.45) is -6.58. The molecule has 0 aliphatic carbocycles.